The molecule has 0 spiro atoms. The number of hydrogen-bond acceptors (Lipinski definition) is 1. The molecule has 0 radical (unpaired) electrons. The first kappa shape index (κ1) is 13.6. The molecule has 0 saturated heterocycles. The highest BCUT2D eigenvalue weighted by molar-refractivity contribution is 5.27. The smallest absolute Gasteiger partial charge is 0.0136 e. The summed E-state index contributed by atoms with van der Waals surface area (Å²) >= 11 is 0. The molecule has 1 saturated carbocycles. The lowest BCUT2D eigenvalue weighted by Crippen LogP contribution is -2.34. The summed E-state index contributed by atoms with van der Waals surface area (Å²) in [6.45, 7) is 5.62. The first-order valence-electron chi connectivity index (χ1n) is 7.61. The Kier molecular flexibility index (Phi) is 5.25. The third-order valence-corrected chi connectivity index (χ3v) is 4.14. The maximum Gasteiger partial charge on any atom is 0.0136 e. The van der Waals surface area contributed by atoms with Crippen LogP contribution in [0.3, 0.4) is 0 Å². The van der Waals surface area contributed by atoms with E-state index < -0.39 is 0 Å². The van der Waals surface area contributed by atoms with Crippen LogP contribution in [-0.4, -0.2) is 12.6 Å². The molecule has 1 aromatic rings. The molecule has 1 aliphatic rings. The fraction of sp³-hybridized carbons (Fsp3) is 0.647. The third kappa shape index (κ3) is 3.58. The van der Waals surface area contributed by atoms with Crippen LogP contribution >= 0.6 is 0 Å². The van der Waals surface area contributed by atoms with E-state index in [4.69, 9.17) is 0 Å². The van der Waals surface area contributed by atoms with Gasteiger partial charge in [-0.25, -0.2) is 0 Å². The zero-order chi connectivity index (χ0) is 12.8. The Labute approximate surface area is 112 Å². The number of benzene rings is 1. The second kappa shape index (κ2) is 6.94. The van der Waals surface area contributed by atoms with E-state index in [1.807, 2.05) is 0 Å². The molecule has 1 fully saturated rings. The largest absolute Gasteiger partial charge is 0.313 e. The van der Waals surface area contributed by atoms with E-state index in [2.05, 4.69) is 43.4 Å². The van der Waals surface area contributed by atoms with Gasteiger partial charge in [0.25, 0.3) is 0 Å². The molecule has 2 atom stereocenters. The van der Waals surface area contributed by atoms with Crippen molar-refractivity contribution in [1.82, 2.24) is 5.32 Å². The van der Waals surface area contributed by atoms with Gasteiger partial charge in [-0.1, -0.05) is 56.0 Å². The van der Waals surface area contributed by atoms with E-state index >= 15 is 0 Å². The van der Waals surface area contributed by atoms with Crippen LogP contribution in [0.25, 0.3) is 0 Å². The highest BCUT2D eigenvalue weighted by atomic mass is 14.9. The van der Waals surface area contributed by atoms with Gasteiger partial charge in [0.1, 0.15) is 0 Å². The highest BCUT2D eigenvalue weighted by Crippen LogP contribution is 2.32. The SMILES string of the molecule is CCCNC1CCCCCC1c1cccc(C)c1. The van der Waals surface area contributed by atoms with Gasteiger partial charge in [-0.3, -0.25) is 0 Å². The van der Waals surface area contributed by atoms with E-state index in [9.17, 15) is 0 Å². The predicted molar refractivity (Wildman–Crippen MR) is 79.1 cm³/mol. The maximum absolute atomic E-state index is 3.78. The Bertz CT molecular complexity index is 358. The van der Waals surface area contributed by atoms with Crippen LogP contribution in [0, 0.1) is 6.92 Å². The summed E-state index contributed by atoms with van der Waals surface area (Å²) in [5, 5.41) is 3.78. The Balaban J connectivity index is 2.14. The maximum atomic E-state index is 3.78. The molecule has 2 rings (SSSR count). The van der Waals surface area contributed by atoms with Crippen molar-refractivity contribution in [2.24, 2.45) is 0 Å². The van der Waals surface area contributed by atoms with Crippen LogP contribution in [0.4, 0.5) is 0 Å². The van der Waals surface area contributed by atoms with Crippen LogP contribution in [0.2, 0.25) is 0 Å². The van der Waals surface area contributed by atoms with E-state index in [1.165, 1.54) is 44.1 Å². The monoisotopic (exact) mass is 245 g/mol. The van der Waals surface area contributed by atoms with Gasteiger partial charge in [-0.15, -0.1) is 0 Å². The van der Waals surface area contributed by atoms with Crippen molar-refractivity contribution >= 4 is 0 Å². The quantitative estimate of drug-likeness (QED) is 0.775. The number of nitrogens with one attached hydrogen (secondary N) is 1. The minimum absolute atomic E-state index is 0.689. The molecule has 1 aliphatic carbocycles. The minimum Gasteiger partial charge on any atom is -0.313 e. The zero-order valence-electron chi connectivity index (χ0n) is 11.9. The molecule has 1 nitrogen and oxygen atoms in total. The summed E-state index contributed by atoms with van der Waals surface area (Å²) in [6, 6.07) is 9.82. The summed E-state index contributed by atoms with van der Waals surface area (Å²) < 4.78 is 0. The second-order valence-electron chi connectivity index (χ2n) is 5.72. The van der Waals surface area contributed by atoms with Gasteiger partial charge in [0, 0.05) is 6.04 Å². The number of aryl methyl sites for hydroxylation is 1. The van der Waals surface area contributed by atoms with Gasteiger partial charge in [0.15, 0.2) is 0 Å². The Morgan fingerprint density at radius 1 is 1.17 bits per heavy atom. The summed E-state index contributed by atoms with van der Waals surface area (Å²) in [4.78, 5) is 0. The van der Waals surface area contributed by atoms with Gasteiger partial charge in [0.2, 0.25) is 0 Å². The minimum atomic E-state index is 0.689. The lowest BCUT2D eigenvalue weighted by molar-refractivity contribution is 0.411. The highest BCUT2D eigenvalue weighted by Gasteiger charge is 2.24. The molecule has 0 amide bonds. The van der Waals surface area contributed by atoms with E-state index in [1.54, 1.807) is 5.56 Å². The molecular formula is C17H27N. The van der Waals surface area contributed by atoms with Crippen molar-refractivity contribution in [1.29, 1.82) is 0 Å². The van der Waals surface area contributed by atoms with Crippen molar-refractivity contribution < 1.29 is 0 Å². The van der Waals surface area contributed by atoms with Gasteiger partial charge < -0.3 is 5.32 Å². The van der Waals surface area contributed by atoms with Crippen molar-refractivity contribution in [3.8, 4) is 0 Å². The van der Waals surface area contributed by atoms with Crippen LogP contribution < -0.4 is 5.32 Å². The lowest BCUT2D eigenvalue weighted by Gasteiger charge is -2.27. The molecule has 0 bridgehead atoms. The van der Waals surface area contributed by atoms with Crippen molar-refractivity contribution in [2.45, 2.75) is 64.3 Å². The molecule has 100 valence electrons. The van der Waals surface area contributed by atoms with Gasteiger partial charge >= 0.3 is 0 Å². The van der Waals surface area contributed by atoms with Gasteiger partial charge in [-0.2, -0.15) is 0 Å². The average Bonchev–Trinajstić information content (AvgIpc) is 2.61. The lowest BCUT2D eigenvalue weighted by atomic mass is 9.87. The second-order valence-corrected chi connectivity index (χ2v) is 5.72. The Hall–Kier alpha value is -0.820. The van der Waals surface area contributed by atoms with Gasteiger partial charge in [-0.05, 0) is 44.2 Å². The summed E-state index contributed by atoms with van der Waals surface area (Å²) in [5.41, 5.74) is 2.94. The summed E-state index contributed by atoms with van der Waals surface area (Å²) in [6.07, 6.45) is 8.12. The van der Waals surface area contributed by atoms with E-state index in [0.717, 1.165) is 12.5 Å². The van der Waals surface area contributed by atoms with E-state index in [-0.39, 0.29) is 0 Å². The van der Waals surface area contributed by atoms with Crippen LogP contribution in [-0.2, 0) is 0 Å². The standard InChI is InChI=1S/C17H27N/c1-3-12-18-17-11-6-4-5-10-16(17)15-9-7-8-14(2)13-15/h7-9,13,16-18H,3-6,10-12H2,1-2H3. The summed E-state index contributed by atoms with van der Waals surface area (Å²) in [7, 11) is 0. The van der Waals surface area contributed by atoms with Crippen LogP contribution in [0.5, 0.6) is 0 Å². The van der Waals surface area contributed by atoms with E-state index in [0.29, 0.717) is 6.04 Å². The zero-order valence-corrected chi connectivity index (χ0v) is 11.9. The molecule has 0 aliphatic heterocycles. The first-order valence-corrected chi connectivity index (χ1v) is 7.61. The third-order valence-electron chi connectivity index (χ3n) is 4.14. The normalized spacial score (nSPS) is 24.8. The predicted octanol–water partition coefficient (Wildman–Crippen LogP) is 4.41. The molecule has 18 heavy (non-hydrogen) atoms. The van der Waals surface area contributed by atoms with Gasteiger partial charge in [0.05, 0.1) is 0 Å². The molecule has 1 aromatic carbocycles. The molecule has 0 heterocycles. The fourth-order valence-corrected chi connectivity index (χ4v) is 3.18. The molecule has 0 aromatic heterocycles. The topological polar surface area (TPSA) is 12.0 Å². The summed E-state index contributed by atoms with van der Waals surface area (Å²) in [5.74, 6) is 0.721. The molecular weight excluding hydrogens is 218 g/mol. The molecule has 1 N–H and O–H groups in total. The van der Waals surface area contributed by atoms with Crippen molar-refractivity contribution in [3.63, 3.8) is 0 Å². The first-order chi connectivity index (χ1) is 8.81. The molecule has 1 heteroatoms. The van der Waals surface area contributed by atoms with Crippen LogP contribution in [0.15, 0.2) is 24.3 Å². The fourth-order valence-electron chi connectivity index (χ4n) is 3.18. The van der Waals surface area contributed by atoms with Crippen LogP contribution in [0.1, 0.15) is 62.5 Å². The number of hydrogen-bond donors (Lipinski definition) is 1. The average molecular weight is 245 g/mol. The van der Waals surface area contributed by atoms with Crippen molar-refractivity contribution in [3.05, 3.63) is 35.4 Å². The molecule has 2 unspecified atom stereocenters. The van der Waals surface area contributed by atoms with Crippen molar-refractivity contribution in [2.75, 3.05) is 6.54 Å². The Morgan fingerprint density at radius 3 is 2.78 bits per heavy atom. The Morgan fingerprint density at radius 2 is 2.00 bits per heavy atom. The number of rotatable bonds is 4.